The van der Waals surface area contributed by atoms with E-state index in [-0.39, 0.29) is 23.7 Å². The highest BCUT2D eigenvalue weighted by Gasteiger charge is 2.19. The van der Waals surface area contributed by atoms with Crippen molar-refractivity contribution in [2.75, 3.05) is 20.1 Å². The van der Waals surface area contributed by atoms with Crippen LogP contribution in [0.5, 0.6) is 0 Å². The van der Waals surface area contributed by atoms with Crippen molar-refractivity contribution in [1.29, 1.82) is 0 Å². The summed E-state index contributed by atoms with van der Waals surface area (Å²) in [7, 11) is 1.51. The van der Waals surface area contributed by atoms with E-state index in [0.29, 0.717) is 17.3 Å². The molecule has 1 aromatic heterocycles. The predicted molar refractivity (Wildman–Crippen MR) is 78.0 cm³/mol. The Morgan fingerprint density at radius 3 is 2.62 bits per heavy atom. The third kappa shape index (κ3) is 3.07. The molecule has 1 heterocycles. The maximum Gasteiger partial charge on any atom is 0.275 e. The number of nitrogens with zero attached hydrogens (tertiary/aromatic N) is 2. The lowest BCUT2D eigenvalue weighted by molar-refractivity contribution is -0.121. The standard InChI is InChI=1S/C14H16N4O3/c1-3-15-11(19)8-18(2)14(21)12-9-6-4-5-7-10(9)13(20)17-16-12/h4-7H,3,8H2,1-2H3,(H,15,19)(H,17,20). The van der Waals surface area contributed by atoms with Gasteiger partial charge in [-0.3, -0.25) is 14.4 Å². The zero-order valence-corrected chi connectivity index (χ0v) is 11.8. The number of carbonyl (C=O) groups is 2. The summed E-state index contributed by atoms with van der Waals surface area (Å²) in [5.41, 5.74) is -0.231. The Labute approximate surface area is 121 Å². The summed E-state index contributed by atoms with van der Waals surface area (Å²) in [6.45, 7) is 2.24. The number of hydrogen-bond donors (Lipinski definition) is 2. The first-order valence-electron chi connectivity index (χ1n) is 6.54. The molecule has 2 aromatic rings. The molecule has 0 unspecified atom stereocenters. The van der Waals surface area contributed by atoms with Crippen LogP contribution in [0.4, 0.5) is 0 Å². The number of aromatic nitrogens is 2. The molecule has 0 spiro atoms. The average molecular weight is 288 g/mol. The fraction of sp³-hybridized carbons (Fsp3) is 0.286. The van der Waals surface area contributed by atoms with E-state index in [2.05, 4.69) is 15.5 Å². The second-order valence-corrected chi connectivity index (χ2v) is 4.56. The molecule has 1 aromatic carbocycles. The average Bonchev–Trinajstić information content (AvgIpc) is 2.47. The van der Waals surface area contributed by atoms with Gasteiger partial charge < -0.3 is 10.2 Å². The van der Waals surface area contributed by atoms with Crippen molar-refractivity contribution < 1.29 is 9.59 Å². The van der Waals surface area contributed by atoms with Crippen molar-refractivity contribution in [1.82, 2.24) is 20.4 Å². The molecule has 2 N–H and O–H groups in total. The highest BCUT2D eigenvalue weighted by atomic mass is 16.2. The zero-order valence-electron chi connectivity index (χ0n) is 11.8. The van der Waals surface area contributed by atoms with Crippen molar-refractivity contribution >= 4 is 22.6 Å². The Bertz CT molecular complexity index is 738. The number of nitrogens with one attached hydrogen (secondary N) is 2. The molecule has 0 aliphatic rings. The van der Waals surface area contributed by atoms with Gasteiger partial charge >= 0.3 is 0 Å². The Kier molecular flexibility index (Phi) is 4.32. The summed E-state index contributed by atoms with van der Waals surface area (Å²) in [5.74, 6) is -0.671. The summed E-state index contributed by atoms with van der Waals surface area (Å²) in [6, 6.07) is 6.72. The predicted octanol–water partition coefficient (Wildman–Crippen LogP) is 0.131. The van der Waals surface area contributed by atoms with Crippen molar-refractivity contribution in [3.05, 3.63) is 40.3 Å². The molecule has 0 fully saturated rings. The van der Waals surface area contributed by atoms with Crippen molar-refractivity contribution in [3.8, 4) is 0 Å². The maximum absolute atomic E-state index is 12.4. The van der Waals surface area contributed by atoms with Gasteiger partial charge in [0.15, 0.2) is 5.69 Å². The van der Waals surface area contributed by atoms with Crippen LogP contribution in [-0.4, -0.2) is 47.0 Å². The molecule has 2 amide bonds. The lowest BCUT2D eigenvalue weighted by Crippen LogP contribution is -2.38. The third-order valence-electron chi connectivity index (χ3n) is 3.00. The first kappa shape index (κ1) is 14.7. The quantitative estimate of drug-likeness (QED) is 0.836. The molecular formula is C14H16N4O3. The summed E-state index contributed by atoms with van der Waals surface area (Å²) in [4.78, 5) is 36.8. The number of hydrogen-bond acceptors (Lipinski definition) is 4. The molecule has 7 nitrogen and oxygen atoms in total. The Morgan fingerprint density at radius 2 is 1.95 bits per heavy atom. The van der Waals surface area contributed by atoms with Gasteiger partial charge in [0.05, 0.1) is 11.9 Å². The number of likely N-dealkylation sites (N-methyl/N-ethyl adjacent to an activating group) is 2. The molecule has 2 rings (SSSR count). The molecule has 0 bridgehead atoms. The third-order valence-corrected chi connectivity index (χ3v) is 3.00. The van der Waals surface area contributed by atoms with Gasteiger partial charge in [-0.15, -0.1) is 0 Å². The van der Waals surface area contributed by atoms with Gasteiger partial charge in [-0.2, -0.15) is 5.10 Å². The number of carbonyl (C=O) groups excluding carboxylic acids is 2. The first-order chi connectivity index (χ1) is 10.0. The summed E-state index contributed by atoms with van der Waals surface area (Å²) in [6.07, 6.45) is 0. The zero-order chi connectivity index (χ0) is 15.4. The Morgan fingerprint density at radius 1 is 1.29 bits per heavy atom. The molecule has 7 heteroatoms. The van der Waals surface area contributed by atoms with Crippen molar-refractivity contribution in [2.24, 2.45) is 0 Å². The van der Waals surface area contributed by atoms with Gasteiger partial charge in [0, 0.05) is 19.0 Å². The number of aromatic amines is 1. The van der Waals surface area contributed by atoms with Crippen LogP contribution in [-0.2, 0) is 4.79 Å². The lowest BCUT2D eigenvalue weighted by atomic mass is 10.1. The molecule has 0 radical (unpaired) electrons. The first-order valence-corrected chi connectivity index (χ1v) is 6.54. The van der Waals surface area contributed by atoms with Crippen LogP contribution in [0.1, 0.15) is 17.4 Å². The molecule has 0 atom stereocenters. The topological polar surface area (TPSA) is 95.2 Å². The minimum absolute atomic E-state index is 0.0677. The Hall–Kier alpha value is -2.70. The minimum Gasteiger partial charge on any atom is -0.355 e. The van der Waals surface area contributed by atoms with Crippen LogP contribution in [0, 0.1) is 0 Å². The van der Waals surface area contributed by atoms with Crippen LogP contribution in [0.2, 0.25) is 0 Å². The number of H-pyrrole nitrogens is 1. The Balaban J connectivity index is 2.34. The van der Waals surface area contributed by atoms with E-state index >= 15 is 0 Å². The summed E-state index contributed by atoms with van der Waals surface area (Å²) >= 11 is 0. The molecule has 0 aliphatic carbocycles. The van der Waals surface area contributed by atoms with Crippen LogP contribution in [0.3, 0.4) is 0 Å². The molecule has 0 aliphatic heterocycles. The number of benzene rings is 1. The van der Waals surface area contributed by atoms with Gasteiger partial charge in [0.1, 0.15) is 0 Å². The van der Waals surface area contributed by atoms with Gasteiger partial charge in [0.2, 0.25) is 5.91 Å². The van der Waals surface area contributed by atoms with Gasteiger partial charge in [-0.25, -0.2) is 5.10 Å². The number of amides is 2. The minimum atomic E-state index is -0.422. The second-order valence-electron chi connectivity index (χ2n) is 4.56. The van der Waals surface area contributed by atoms with E-state index in [0.717, 1.165) is 0 Å². The largest absolute Gasteiger partial charge is 0.355 e. The lowest BCUT2D eigenvalue weighted by Gasteiger charge is -2.16. The van der Waals surface area contributed by atoms with Gasteiger partial charge in [-0.05, 0) is 13.0 Å². The molecule has 21 heavy (non-hydrogen) atoms. The normalized spacial score (nSPS) is 10.4. The van der Waals surface area contributed by atoms with Crippen LogP contribution in [0.25, 0.3) is 10.8 Å². The second kappa shape index (κ2) is 6.17. The molecule has 0 saturated heterocycles. The fourth-order valence-electron chi connectivity index (χ4n) is 2.00. The van der Waals surface area contributed by atoms with E-state index in [9.17, 15) is 14.4 Å². The fourth-order valence-corrected chi connectivity index (χ4v) is 2.00. The number of rotatable bonds is 4. The van der Waals surface area contributed by atoms with Crippen LogP contribution >= 0.6 is 0 Å². The van der Waals surface area contributed by atoms with Crippen LogP contribution in [0.15, 0.2) is 29.1 Å². The van der Waals surface area contributed by atoms with E-state index in [1.54, 1.807) is 31.2 Å². The summed E-state index contributed by atoms with van der Waals surface area (Å²) in [5, 5.41) is 9.60. The maximum atomic E-state index is 12.4. The molecular weight excluding hydrogens is 272 g/mol. The van der Waals surface area contributed by atoms with Crippen molar-refractivity contribution in [3.63, 3.8) is 0 Å². The van der Waals surface area contributed by atoms with Crippen molar-refractivity contribution in [2.45, 2.75) is 6.92 Å². The molecule has 0 saturated carbocycles. The van der Waals surface area contributed by atoms with Gasteiger partial charge in [-0.1, -0.05) is 18.2 Å². The monoisotopic (exact) mass is 288 g/mol. The van der Waals surface area contributed by atoms with E-state index in [1.165, 1.54) is 11.9 Å². The van der Waals surface area contributed by atoms with E-state index in [1.807, 2.05) is 0 Å². The highest BCUT2D eigenvalue weighted by molar-refractivity contribution is 6.05. The number of fused-ring (bicyclic) bond motifs is 1. The van der Waals surface area contributed by atoms with E-state index in [4.69, 9.17) is 0 Å². The van der Waals surface area contributed by atoms with Crippen LogP contribution < -0.4 is 10.9 Å². The van der Waals surface area contributed by atoms with E-state index < -0.39 is 5.91 Å². The summed E-state index contributed by atoms with van der Waals surface area (Å²) < 4.78 is 0. The smallest absolute Gasteiger partial charge is 0.275 e. The van der Waals surface area contributed by atoms with Gasteiger partial charge in [0.25, 0.3) is 11.5 Å². The SMILES string of the molecule is CCNC(=O)CN(C)C(=O)c1n[nH]c(=O)c2ccccc12. The molecule has 110 valence electrons. The highest BCUT2D eigenvalue weighted by Crippen LogP contribution is 2.13.